The average molecular weight is 405 g/mol. The largest absolute Gasteiger partial charge is 0.497 e. The number of aromatic nitrogens is 1. The van der Waals surface area contributed by atoms with Crippen molar-refractivity contribution in [1.82, 2.24) is 9.88 Å². The van der Waals surface area contributed by atoms with Gasteiger partial charge in [-0.3, -0.25) is 4.79 Å². The Morgan fingerprint density at radius 1 is 1.26 bits per heavy atom. The number of aryl methyl sites for hydroxylation is 1. The van der Waals surface area contributed by atoms with Crippen molar-refractivity contribution < 1.29 is 13.9 Å². The van der Waals surface area contributed by atoms with Gasteiger partial charge in [-0.2, -0.15) is 0 Å². The maximum Gasteiger partial charge on any atom is 0.223 e. The van der Waals surface area contributed by atoms with Crippen LogP contribution in [0.3, 0.4) is 0 Å². The van der Waals surface area contributed by atoms with E-state index in [9.17, 15) is 4.79 Å². The standard InChI is InChI=1S/C20H21ClN2O3S/c1-3-23(13-16-8-9-18(21)27-16)20(24)11-10-19-22-12-17(26-19)14-4-6-15(25-2)7-5-14/h4-9,12H,3,10-11,13H2,1-2H3. The number of amides is 1. The molecule has 0 aliphatic carbocycles. The quantitative estimate of drug-likeness (QED) is 0.527. The molecule has 0 bridgehead atoms. The minimum absolute atomic E-state index is 0.0752. The first-order chi connectivity index (χ1) is 13.1. The van der Waals surface area contributed by atoms with Crippen LogP contribution in [0.25, 0.3) is 11.3 Å². The van der Waals surface area contributed by atoms with Crippen LogP contribution in [0.4, 0.5) is 0 Å². The van der Waals surface area contributed by atoms with Crippen LogP contribution in [0.2, 0.25) is 4.34 Å². The highest BCUT2D eigenvalue weighted by Crippen LogP contribution is 2.24. The molecule has 2 aromatic heterocycles. The van der Waals surface area contributed by atoms with Crippen LogP contribution in [0, 0.1) is 0 Å². The lowest BCUT2D eigenvalue weighted by Crippen LogP contribution is -2.30. The number of ether oxygens (including phenoxy) is 1. The van der Waals surface area contributed by atoms with E-state index in [0.717, 1.165) is 20.5 Å². The van der Waals surface area contributed by atoms with Crippen LogP contribution in [0.1, 0.15) is 24.1 Å². The monoisotopic (exact) mass is 404 g/mol. The van der Waals surface area contributed by atoms with Crippen molar-refractivity contribution in [3.63, 3.8) is 0 Å². The Morgan fingerprint density at radius 2 is 2.04 bits per heavy atom. The molecule has 0 saturated carbocycles. The number of hydrogen-bond donors (Lipinski definition) is 0. The molecule has 1 amide bonds. The predicted molar refractivity (Wildman–Crippen MR) is 107 cm³/mol. The number of hydrogen-bond acceptors (Lipinski definition) is 5. The second kappa shape index (κ2) is 9.06. The van der Waals surface area contributed by atoms with Crippen LogP contribution in [0.15, 0.2) is 47.0 Å². The highest BCUT2D eigenvalue weighted by molar-refractivity contribution is 7.16. The first-order valence-corrected chi connectivity index (χ1v) is 9.89. The van der Waals surface area contributed by atoms with Crippen LogP contribution in [-0.2, 0) is 17.8 Å². The van der Waals surface area contributed by atoms with Gasteiger partial charge in [0.15, 0.2) is 11.7 Å². The Bertz CT molecular complexity index is 889. The van der Waals surface area contributed by atoms with E-state index in [-0.39, 0.29) is 5.91 Å². The average Bonchev–Trinajstić information content (AvgIpc) is 3.33. The molecule has 0 aliphatic rings. The fourth-order valence-corrected chi connectivity index (χ4v) is 3.79. The van der Waals surface area contributed by atoms with Crippen molar-refractivity contribution in [2.75, 3.05) is 13.7 Å². The second-order valence-electron chi connectivity index (χ2n) is 5.96. The molecule has 0 unspecified atom stereocenters. The molecule has 0 atom stereocenters. The van der Waals surface area contributed by atoms with Gasteiger partial charge in [0.2, 0.25) is 5.91 Å². The Labute approximate surface area is 167 Å². The Hall–Kier alpha value is -2.31. The van der Waals surface area contributed by atoms with E-state index in [1.807, 2.05) is 48.2 Å². The van der Waals surface area contributed by atoms with Crippen molar-refractivity contribution in [1.29, 1.82) is 0 Å². The summed E-state index contributed by atoms with van der Waals surface area (Å²) in [6.45, 7) is 3.20. The minimum Gasteiger partial charge on any atom is -0.497 e. The van der Waals surface area contributed by atoms with Crippen molar-refractivity contribution in [2.45, 2.75) is 26.3 Å². The van der Waals surface area contributed by atoms with Gasteiger partial charge in [-0.15, -0.1) is 11.3 Å². The summed E-state index contributed by atoms with van der Waals surface area (Å²) in [4.78, 5) is 19.7. The molecule has 0 N–H and O–H groups in total. The van der Waals surface area contributed by atoms with E-state index in [4.69, 9.17) is 20.8 Å². The number of carbonyl (C=O) groups excluding carboxylic acids is 1. The number of nitrogens with zero attached hydrogens (tertiary/aromatic N) is 2. The molecule has 5 nitrogen and oxygen atoms in total. The molecule has 1 aromatic carbocycles. The molecular weight excluding hydrogens is 384 g/mol. The number of carbonyl (C=O) groups is 1. The first kappa shape index (κ1) is 19.5. The zero-order valence-electron chi connectivity index (χ0n) is 15.3. The number of thiophene rings is 1. The first-order valence-electron chi connectivity index (χ1n) is 8.70. The minimum atomic E-state index is 0.0752. The summed E-state index contributed by atoms with van der Waals surface area (Å²) >= 11 is 7.46. The third kappa shape index (κ3) is 5.11. The van der Waals surface area contributed by atoms with Crippen molar-refractivity contribution in [3.8, 4) is 17.1 Å². The van der Waals surface area contributed by atoms with Gasteiger partial charge in [0, 0.05) is 29.8 Å². The van der Waals surface area contributed by atoms with Gasteiger partial charge in [0.05, 0.1) is 24.2 Å². The third-order valence-electron chi connectivity index (χ3n) is 4.19. The van der Waals surface area contributed by atoms with E-state index >= 15 is 0 Å². The third-order valence-corrected chi connectivity index (χ3v) is 5.41. The molecule has 0 fully saturated rings. The van der Waals surface area contributed by atoms with Crippen molar-refractivity contribution in [3.05, 3.63) is 57.7 Å². The van der Waals surface area contributed by atoms with Gasteiger partial charge in [0.25, 0.3) is 0 Å². The molecule has 0 aliphatic heterocycles. The molecule has 2 heterocycles. The maximum absolute atomic E-state index is 12.5. The summed E-state index contributed by atoms with van der Waals surface area (Å²) in [6.07, 6.45) is 2.51. The van der Waals surface area contributed by atoms with E-state index in [1.165, 1.54) is 11.3 Å². The smallest absolute Gasteiger partial charge is 0.223 e. The van der Waals surface area contributed by atoms with E-state index in [1.54, 1.807) is 13.3 Å². The highest BCUT2D eigenvalue weighted by Gasteiger charge is 2.15. The Kier molecular flexibility index (Phi) is 6.53. The van der Waals surface area contributed by atoms with E-state index in [2.05, 4.69) is 4.98 Å². The Morgan fingerprint density at radius 3 is 2.67 bits per heavy atom. The summed E-state index contributed by atoms with van der Waals surface area (Å²) in [5.74, 6) is 2.10. The van der Waals surface area contributed by atoms with Gasteiger partial charge in [-0.25, -0.2) is 4.98 Å². The number of benzene rings is 1. The predicted octanol–water partition coefficient (Wildman–Crippen LogP) is 5.05. The van der Waals surface area contributed by atoms with Crippen LogP contribution >= 0.6 is 22.9 Å². The SMILES string of the molecule is CCN(Cc1ccc(Cl)s1)C(=O)CCc1ncc(-c2ccc(OC)cc2)o1. The molecule has 0 radical (unpaired) electrons. The molecule has 7 heteroatoms. The van der Waals surface area contributed by atoms with Gasteiger partial charge in [-0.05, 0) is 43.3 Å². The number of halogens is 1. The normalized spacial score (nSPS) is 10.8. The lowest BCUT2D eigenvalue weighted by molar-refractivity contribution is -0.131. The van der Waals surface area contributed by atoms with Crippen LogP contribution < -0.4 is 4.74 Å². The van der Waals surface area contributed by atoms with Crippen molar-refractivity contribution >= 4 is 28.8 Å². The second-order valence-corrected chi connectivity index (χ2v) is 7.76. The topological polar surface area (TPSA) is 55.6 Å². The van der Waals surface area contributed by atoms with Crippen molar-refractivity contribution in [2.24, 2.45) is 0 Å². The number of oxazole rings is 1. The fourth-order valence-electron chi connectivity index (χ4n) is 2.69. The molecular formula is C20H21ClN2O3S. The van der Waals surface area contributed by atoms with Gasteiger partial charge < -0.3 is 14.1 Å². The van der Waals surface area contributed by atoms with Gasteiger partial charge in [0.1, 0.15) is 5.75 Å². The zero-order chi connectivity index (χ0) is 19.2. The van der Waals surface area contributed by atoms with Gasteiger partial charge >= 0.3 is 0 Å². The molecule has 27 heavy (non-hydrogen) atoms. The molecule has 3 aromatic rings. The van der Waals surface area contributed by atoms with Gasteiger partial charge in [-0.1, -0.05) is 11.6 Å². The number of rotatable bonds is 8. The lowest BCUT2D eigenvalue weighted by atomic mass is 10.2. The maximum atomic E-state index is 12.5. The summed E-state index contributed by atoms with van der Waals surface area (Å²) < 4.78 is 11.7. The Balaban J connectivity index is 1.57. The van der Waals surface area contributed by atoms with Crippen LogP contribution in [-0.4, -0.2) is 29.4 Å². The molecule has 142 valence electrons. The molecule has 3 rings (SSSR count). The summed E-state index contributed by atoms with van der Waals surface area (Å²) in [5, 5.41) is 0. The fraction of sp³-hybridized carbons (Fsp3) is 0.300. The highest BCUT2D eigenvalue weighted by atomic mass is 35.5. The number of methoxy groups -OCH3 is 1. The molecule has 0 spiro atoms. The summed E-state index contributed by atoms with van der Waals surface area (Å²) in [6, 6.07) is 11.4. The molecule has 0 saturated heterocycles. The van der Waals surface area contributed by atoms with Crippen LogP contribution in [0.5, 0.6) is 5.75 Å². The lowest BCUT2D eigenvalue weighted by Gasteiger charge is -2.19. The van der Waals surface area contributed by atoms with E-state index in [0.29, 0.717) is 37.6 Å². The van der Waals surface area contributed by atoms with E-state index < -0.39 is 0 Å². The summed E-state index contributed by atoms with van der Waals surface area (Å²) in [7, 11) is 1.63. The summed E-state index contributed by atoms with van der Waals surface area (Å²) in [5.41, 5.74) is 0.922. The zero-order valence-corrected chi connectivity index (χ0v) is 16.8.